The van der Waals surface area contributed by atoms with Crippen LogP contribution in [-0.4, -0.2) is 74.8 Å². The zero-order chi connectivity index (χ0) is 31.1. The number of hydrogen-bond donors (Lipinski definition) is 0. The Bertz CT molecular complexity index is 1600. The van der Waals surface area contributed by atoms with Crippen LogP contribution in [0.2, 0.25) is 10.2 Å². The van der Waals surface area contributed by atoms with Crippen molar-refractivity contribution in [1.29, 1.82) is 0 Å². The molecule has 0 bridgehead atoms. The Morgan fingerprint density at radius 3 is 2.36 bits per heavy atom. The lowest BCUT2D eigenvalue weighted by atomic mass is 10.1. The number of amides is 1. The van der Waals surface area contributed by atoms with Gasteiger partial charge < -0.3 is 24.2 Å². The normalized spacial score (nSPS) is 13.1. The van der Waals surface area contributed by atoms with Crippen molar-refractivity contribution < 1.29 is 14.3 Å². The van der Waals surface area contributed by atoms with Crippen LogP contribution in [0.25, 0.3) is 0 Å². The second-order valence-corrected chi connectivity index (χ2v) is 12.2. The van der Waals surface area contributed by atoms with E-state index in [2.05, 4.69) is 20.9 Å². The van der Waals surface area contributed by atoms with E-state index in [1.165, 1.54) is 11.8 Å². The molecule has 3 aromatic carbocycles. The topological polar surface area (TPSA) is 71.0 Å². The van der Waals surface area contributed by atoms with Crippen LogP contribution in [0, 0.1) is 0 Å². The van der Waals surface area contributed by atoms with Crippen LogP contribution in [0.1, 0.15) is 21.5 Å². The molecule has 0 N–H and O–H groups in total. The third-order valence-corrected chi connectivity index (χ3v) is 8.86. The van der Waals surface area contributed by atoms with E-state index in [4.69, 9.17) is 37.7 Å². The maximum atomic E-state index is 13.2. The third-order valence-electron chi connectivity index (χ3n) is 7.51. The molecule has 1 aromatic heterocycles. The third kappa shape index (κ3) is 8.08. The molecular weight excluding hydrogens is 617 g/mol. The van der Waals surface area contributed by atoms with Gasteiger partial charge in [-0.25, -0.2) is 9.97 Å². The van der Waals surface area contributed by atoms with E-state index in [1.807, 2.05) is 73.8 Å². The number of hydrogen-bond acceptors (Lipinski definition) is 8. The predicted molar refractivity (Wildman–Crippen MR) is 179 cm³/mol. The van der Waals surface area contributed by atoms with Crippen LogP contribution in [0.4, 0.5) is 11.5 Å². The Balaban J connectivity index is 1.16. The molecule has 4 aromatic rings. The minimum atomic E-state index is -0.0319. The van der Waals surface area contributed by atoms with E-state index in [9.17, 15) is 4.79 Å². The highest BCUT2D eigenvalue weighted by Crippen LogP contribution is 2.29. The van der Waals surface area contributed by atoms with Gasteiger partial charge in [-0.1, -0.05) is 59.2 Å². The van der Waals surface area contributed by atoms with Gasteiger partial charge in [0.1, 0.15) is 11.0 Å². The van der Waals surface area contributed by atoms with Crippen LogP contribution in [0.3, 0.4) is 0 Å². The van der Waals surface area contributed by atoms with Crippen molar-refractivity contribution in [1.82, 2.24) is 14.9 Å². The fourth-order valence-corrected chi connectivity index (χ4v) is 6.28. The fourth-order valence-electron chi connectivity index (χ4n) is 5.08. The number of nitrogens with zero attached hydrogens (tertiary/aromatic N) is 5. The van der Waals surface area contributed by atoms with Gasteiger partial charge in [0.25, 0.3) is 5.91 Å². The first-order valence-corrected chi connectivity index (χ1v) is 16.0. The quantitative estimate of drug-likeness (QED) is 0.100. The molecule has 230 valence electrons. The highest BCUT2D eigenvalue weighted by Gasteiger charge is 2.20. The van der Waals surface area contributed by atoms with Gasteiger partial charge in [-0.05, 0) is 60.0 Å². The zero-order valence-electron chi connectivity index (χ0n) is 25.0. The van der Waals surface area contributed by atoms with Gasteiger partial charge in [-0.2, -0.15) is 0 Å². The standard InChI is InChI=1S/C33H35Cl2N5O3S/c1-38(13-12-23-10-11-28(42-2)29(19-23)43-3)32(41)25-7-4-6-24(18-25)22-44-33-36-30(35)21-31(37-33)40-16-14-39(15-17-40)27-9-5-8-26(34)20-27/h4-11,18-21H,12-17,22H2,1-3H3. The number of thioether (sulfide) groups is 1. The SMILES string of the molecule is COc1ccc(CCN(C)C(=O)c2cccc(CSc3nc(Cl)cc(N4CCN(c5cccc(Cl)c5)CC4)n3)c2)cc1OC. The predicted octanol–water partition coefficient (Wildman–Crippen LogP) is 6.73. The summed E-state index contributed by atoms with van der Waals surface area (Å²) in [6.45, 7) is 3.91. The molecule has 0 radical (unpaired) electrons. The summed E-state index contributed by atoms with van der Waals surface area (Å²) >= 11 is 14.1. The summed E-state index contributed by atoms with van der Waals surface area (Å²) in [5.74, 6) is 2.76. The molecule has 1 aliphatic heterocycles. The van der Waals surface area contributed by atoms with Crippen molar-refractivity contribution in [2.24, 2.45) is 0 Å². The number of rotatable bonds is 11. The summed E-state index contributed by atoms with van der Waals surface area (Å²) in [6, 6.07) is 23.3. The molecule has 44 heavy (non-hydrogen) atoms. The van der Waals surface area contributed by atoms with E-state index < -0.39 is 0 Å². The van der Waals surface area contributed by atoms with Gasteiger partial charge in [0, 0.05) is 67.9 Å². The smallest absolute Gasteiger partial charge is 0.253 e. The molecule has 1 amide bonds. The van der Waals surface area contributed by atoms with Crippen molar-refractivity contribution in [3.05, 3.63) is 99.7 Å². The van der Waals surface area contributed by atoms with Gasteiger partial charge in [-0.3, -0.25) is 4.79 Å². The molecule has 5 rings (SSSR count). The van der Waals surface area contributed by atoms with Gasteiger partial charge in [0.15, 0.2) is 16.7 Å². The number of piperazine rings is 1. The van der Waals surface area contributed by atoms with Crippen molar-refractivity contribution in [3.63, 3.8) is 0 Å². The molecule has 0 aliphatic carbocycles. The number of aromatic nitrogens is 2. The maximum absolute atomic E-state index is 13.2. The number of carbonyl (C=O) groups is 1. The van der Waals surface area contributed by atoms with Crippen LogP contribution < -0.4 is 19.3 Å². The maximum Gasteiger partial charge on any atom is 0.253 e. The van der Waals surface area contributed by atoms with Crippen LogP contribution in [-0.2, 0) is 12.2 Å². The Labute approximate surface area is 272 Å². The number of ether oxygens (including phenoxy) is 2. The molecule has 0 atom stereocenters. The highest BCUT2D eigenvalue weighted by atomic mass is 35.5. The molecule has 0 unspecified atom stereocenters. The minimum Gasteiger partial charge on any atom is -0.493 e. The Morgan fingerprint density at radius 2 is 1.61 bits per heavy atom. The van der Waals surface area contributed by atoms with E-state index in [-0.39, 0.29) is 5.91 Å². The van der Waals surface area contributed by atoms with Gasteiger partial charge in [0.2, 0.25) is 0 Å². The molecule has 2 heterocycles. The van der Waals surface area contributed by atoms with Crippen molar-refractivity contribution in [3.8, 4) is 11.5 Å². The number of likely N-dealkylation sites (N-methyl/N-ethyl adjacent to an activating group) is 1. The summed E-state index contributed by atoms with van der Waals surface area (Å²) < 4.78 is 10.7. The lowest BCUT2D eigenvalue weighted by molar-refractivity contribution is 0.0796. The average Bonchev–Trinajstić information content (AvgIpc) is 3.05. The Kier molecular flexibility index (Phi) is 10.7. The first kappa shape index (κ1) is 31.8. The second-order valence-electron chi connectivity index (χ2n) is 10.4. The van der Waals surface area contributed by atoms with E-state index in [1.54, 1.807) is 19.1 Å². The molecule has 0 saturated carbocycles. The second kappa shape index (κ2) is 14.9. The number of carbonyl (C=O) groups excluding carboxylic acids is 1. The van der Waals surface area contributed by atoms with E-state index in [0.29, 0.717) is 46.1 Å². The highest BCUT2D eigenvalue weighted by molar-refractivity contribution is 7.98. The zero-order valence-corrected chi connectivity index (χ0v) is 27.3. The largest absolute Gasteiger partial charge is 0.493 e. The fraction of sp³-hybridized carbons (Fsp3) is 0.303. The molecule has 0 spiro atoms. The summed E-state index contributed by atoms with van der Waals surface area (Å²) in [7, 11) is 5.05. The summed E-state index contributed by atoms with van der Waals surface area (Å²) in [6.07, 6.45) is 0.697. The van der Waals surface area contributed by atoms with Crippen LogP contribution in [0.5, 0.6) is 11.5 Å². The Morgan fingerprint density at radius 1 is 0.864 bits per heavy atom. The van der Waals surface area contributed by atoms with Crippen LogP contribution >= 0.6 is 35.0 Å². The average molecular weight is 653 g/mol. The molecule has 1 aliphatic rings. The molecule has 11 heteroatoms. The number of halogens is 2. The molecule has 8 nitrogen and oxygen atoms in total. The summed E-state index contributed by atoms with van der Waals surface area (Å²) in [5, 5.41) is 1.76. The molecule has 1 fully saturated rings. The van der Waals surface area contributed by atoms with Crippen molar-refractivity contribution in [2.45, 2.75) is 17.3 Å². The Hall–Kier alpha value is -3.66. The minimum absolute atomic E-state index is 0.0319. The first-order chi connectivity index (χ1) is 21.3. The molecular formula is C33H35Cl2N5O3S. The van der Waals surface area contributed by atoms with Gasteiger partial charge >= 0.3 is 0 Å². The lowest BCUT2D eigenvalue weighted by Crippen LogP contribution is -2.46. The lowest BCUT2D eigenvalue weighted by Gasteiger charge is -2.36. The number of benzene rings is 3. The van der Waals surface area contributed by atoms with Crippen molar-refractivity contribution >= 4 is 52.4 Å². The molecule has 1 saturated heterocycles. The van der Waals surface area contributed by atoms with Crippen molar-refractivity contribution in [2.75, 3.05) is 63.8 Å². The number of anilines is 2. The van der Waals surface area contributed by atoms with Gasteiger partial charge in [0.05, 0.1) is 14.2 Å². The van der Waals surface area contributed by atoms with E-state index in [0.717, 1.165) is 53.8 Å². The van der Waals surface area contributed by atoms with Crippen LogP contribution in [0.15, 0.2) is 78.0 Å². The first-order valence-electron chi connectivity index (χ1n) is 14.3. The summed E-state index contributed by atoms with van der Waals surface area (Å²) in [4.78, 5) is 28.8. The number of methoxy groups -OCH3 is 2. The van der Waals surface area contributed by atoms with Gasteiger partial charge in [-0.15, -0.1) is 0 Å². The van der Waals surface area contributed by atoms with E-state index >= 15 is 0 Å². The summed E-state index contributed by atoms with van der Waals surface area (Å²) in [5.41, 5.74) is 3.84. The monoisotopic (exact) mass is 651 g/mol.